The van der Waals surface area contributed by atoms with E-state index < -0.39 is 12.6 Å². The van der Waals surface area contributed by atoms with Crippen molar-refractivity contribution in [2.45, 2.75) is 45.2 Å². The van der Waals surface area contributed by atoms with E-state index in [1.165, 1.54) is 25.7 Å². The van der Waals surface area contributed by atoms with Crippen LogP contribution in [-0.4, -0.2) is 19.3 Å². The van der Waals surface area contributed by atoms with E-state index in [2.05, 4.69) is 12.2 Å². The highest BCUT2D eigenvalue weighted by atomic mass is 19.4. The Labute approximate surface area is 89.4 Å². The average Bonchev–Trinajstić information content (AvgIpc) is 2.11. The fourth-order valence-corrected chi connectivity index (χ4v) is 2.28. The number of nitrogens with one attached hydrogen (secondary N) is 1. The van der Waals surface area contributed by atoms with Crippen molar-refractivity contribution in [1.29, 1.82) is 0 Å². The van der Waals surface area contributed by atoms with Gasteiger partial charge in [0.1, 0.15) is 0 Å². The van der Waals surface area contributed by atoms with Crippen molar-refractivity contribution >= 4 is 0 Å². The quantitative estimate of drug-likeness (QED) is 0.721. The average molecular weight is 223 g/mol. The lowest BCUT2D eigenvalue weighted by Crippen LogP contribution is -2.29. The van der Waals surface area contributed by atoms with Gasteiger partial charge in [0.15, 0.2) is 0 Å². The number of hydrogen-bond acceptors (Lipinski definition) is 1. The van der Waals surface area contributed by atoms with E-state index in [1.54, 1.807) is 0 Å². The molecule has 0 aromatic heterocycles. The van der Waals surface area contributed by atoms with Gasteiger partial charge in [-0.15, -0.1) is 0 Å². The van der Waals surface area contributed by atoms with Gasteiger partial charge in [-0.25, -0.2) is 0 Å². The van der Waals surface area contributed by atoms with Crippen LogP contribution in [0, 0.1) is 11.8 Å². The SMILES string of the molecule is CC1CCCC(CNCCC(F)(F)F)C1. The molecule has 0 heterocycles. The highest BCUT2D eigenvalue weighted by Crippen LogP contribution is 2.28. The van der Waals surface area contributed by atoms with Crippen LogP contribution in [0.2, 0.25) is 0 Å². The molecule has 0 amide bonds. The Kier molecular flexibility index (Phi) is 4.90. The van der Waals surface area contributed by atoms with Crippen LogP contribution in [0.3, 0.4) is 0 Å². The molecule has 1 nitrogen and oxygen atoms in total. The predicted octanol–water partition coefficient (Wildman–Crippen LogP) is 3.35. The van der Waals surface area contributed by atoms with Crippen molar-refractivity contribution in [3.05, 3.63) is 0 Å². The third-order valence-corrected chi connectivity index (χ3v) is 3.06. The van der Waals surface area contributed by atoms with Crippen LogP contribution >= 0.6 is 0 Å². The fourth-order valence-electron chi connectivity index (χ4n) is 2.28. The molecular weight excluding hydrogens is 203 g/mol. The van der Waals surface area contributed by atoms with Crippen molar-refractivity contribution in [3.8, 4) is 0 Å². The zero-order valence-corrected chi connectivity index (χ0v) is 9.24. The lowest BCUT2D eigenvalue weighted by atomic mass is 9.82. The largest absolute Gasteiger partial charge is 0.390 e. The molecule has 0 aromatic rings. The molecule has 2 unspecified atom stereocenters. The van der Waals surface area contributed by atoms with Gasteiger partial charge in [0.2, 0.25) is 0 Å². The first-order valence-corrected chi connectivity index (χ1v) is 5.75. The van der Waals surface area contributed by atoms with Gasteiger partial charge in [0, 0.05) is 6.54 Å². The van der Waals surface area contributed by atoms with Crippen molar-refractivity contribution in [2.24, 2.45) is 11.8 Å². The van der Waals surface area contributed by atoms with Crippen molar-refractivity contribution < 1.29 is 13.2 Å². The molecule has 1 aliphatic carbocycles. The van der Waals surface area contributed by atoms with Gasteiger partial charge in [0.25, 0.3) is 0 Å². The molecule has 0 radical (unpaired) electrons. The Balaban J connectivity index is 2.04. The van der Waals surface area contributed by atoms with Crippen LogP contribution in [0.4, 0.5) is 13.2 Å². The molecule has 1 aliphatic rings. The van der Waals surface area contributed by atoms with Gasteiger partial charge in [-0.3, -0.25) is 0 Å². The highest BCUT2D eigenvalue weighted by Gasteiger charge is 2.26. The van der Waals surface area contributed by atoms with E-state index in [1.807, 2.05) is 0 Å². The molecule has 90 valence electrons. The van der Waals surface area contributed by atoms with E-state index in [-0.39, 0.29) is 6.54 Å². The lowest BCUT2D eigenvalue weighted by Gasteiger charge is -2.26. The number of rotatable bonds is 4. The van der Waals surface area contributed by atoms with Crippen LogP contribution in [0.1, 0.15) is 39.0 Å². The van der Waals surface area contributed by atoms with Crippen LogP contribution < -0.4 is 5.32 Å². The van der Waals surface area contributed by atoms with Crippen molar-refractivity contribution in [1.82, 2.24) is 5.32 Å². The lowest BCUT2D eigenvalue weighted by molar-refractivity contribution is -0.133. The molecule has 0 aromatic carbocycles. The van der Waals surface area contributed by atoms with E-state index in [0.29, 0.717) is 5.92 Å². The molecule has 1 N–H and O–H groups in total. The van der Waals surface area contributed by atoms with Gasteiger partial charge >= 0.3 is 6.18 Å². The standard InChI is InChI=1S/C11H20F3N/c1-9-3-2-4-10(7-9)8-15-6-5-11(12,13)14/h9-10,15H,2-8H2,1H3. The third kappa shape index (κ3) is 6.03. The predicted molar refractivity (Wildman–Crippen MR) is 54.7 cm³/mol. The summed E-state index contributed by atoms with van der Waals surface area (Å²) in [5.74, 6) is 1.33. The summed E-state index contributed by atoms with van der Waals surface area (Å²) in [5.41, 5.74) is 0. The summed E-state index contributed by atoms with van der Waals surface area (Å²) in [5, 5.41) is 2.91. The summed E-state index contributed by atoms with van der Waals surface area (Å²) in [7, 11) is 0. The van der Waals surface area contributed by atoms with Crippen molar-refractivity contribution in [3.63, 3.8) is 0 Å². The second kappa shape index (κ2) is 5.73. The fraction of sp³-hybridized carbons (Fsp3) is 1.00. The molecule has 0 saturated heterocycles. The first kappa shape index (κ1) is 12.8. The van der Waals surface area contributed by atoms with Gasteiger partial charge in [-0.1, -0.05) is 19.8 Å². The molecule has 0 aliphatic heterocycles. The maximum atomic E-state index is 11.8. The summed E-state index contributed by atoms with van der Waals surface area (Å²) in [6, 6.07) is 0. The summed E-state index contributed by atoms with van der Waals surface area (Å²) in [6.45, 7) is 3.04. The topological polar surface area (TPSA) is 12.0 Å². The monoisotopic (exact) mass is 223 g/mol. The van der Waals surface area contributed by atoms with E-state index in [9.17, 15) is 13.2 Å². The van der Waals surface area contributed by atoms with Gasteiger partial charge in [-0.05, 0) is 31.2 Å². The Hall–Kier alpha value is -0.250. The molecule has 4 heteroatoms. The summed E-state index contributed by atoms with van der Waals surface area (Å²) >= 11 is 0. The molecular formula is C11H20F3N. The molecule has 1 rings (SSSR count). The van der Waals surface area contributed by atoms with Crippen LogP contribution in [0.15, 0.2) is 0 Å². The minimum Gasteiger partial charge on any atom is -0.316 e. The van der Waals surface area contributed by atoms with Crippen LogP contribution in [-0.2, 0) is 0 Å². The summed E-state index contributed by atoms with van der Waals surface area (Å²) < 4.78 is 35.5. The Morgan fingerprint density at radius 1 is 1.27 bits per heavy atom. The van der Waals surface area contributed by atoms with Gasteiger partial charge < -0.3 is 5.32 Å². The minimum absolute atomic E-state index is 0.0639. The molecule has 0 spiro atoms. The first-order chi connectivity index (χ1) is 6.97. The van der Waals surface area contributed by atoms with E-state index in [0.717, 1.165) is 12.5 Å². The normalized spacial score (nSPS) is 28.0. The minimum atomic E-state index is -4.02. The number of halogens is 3. The third-order valence-electron chi connectivity index (χ3n) is 3.06. The number of hydrogen-bond donors (Lipinski definition) is 1. The molecule has 1 fully saturated rings. The Bertz CT molecular complexity index is 179. The second-order valence-corrected chi connectivity index (χ2v) is 4.71. The van der Waals surface area contributed by atoms with E-state index in [4.69, 9.17) is 0 Å². The van der Waals surface area contributed by atoms with Crippen molar-refractivity contribution in [2.75, 3.05) is 13.1 Å². The zero-order chi connectivity index (χ0) is 11.3. The number of alkyl halides is 3. The molecule has 1 saturated carbocycles. The van der Waals surface area contributed by atoms with Gasteiger partial charge in [-0.2, -0.15) is 13.2 Å². The van der Waals surface area contributed by atoms with Gasteiger partial charge in [0.05, 0.1) is 6.42 Å². The summed E-state index contributed by atoms with van der Waals surface area (Å²) in [4.78, 5) is 0. The second-order valence-electron chi connectivity index (χ2n) is 4.71. The van der Waals surface area contributed by atoms with E-state index >= 15 is 0 Å². The Morgan fingerprint density at radius 3 is 2.60 bits per heavy atom. The van der Waals surface area contributed by atoms with Crippen LogP contribution in [0.25, 0.3) is 0 Å². The molecule has 0 bridgehead atoms. The zero-order valence-electron chi connectivity index (χ0n) is 9.24. The molecule has 15 heavy (non-hydrogen) atoms. The Morgan fingerprint density at radius 2 is 2.00 bits per heavy atom. The van der Waals surface area contributed by atoms with Crippen LogP contribution in [0.5, 0.6) is 0 Å². The maximum absolute atomic E-state index is 11.8. The highest BCUT2D eigenvalue weighted by molar-refractivity contribution is 4.72. The smallest absolute Gasteiger partial charge is 0.316 e. The molecule has 2 atom stereocenters. The first-order valence-electron chi connectivity index (χ1n) is 5.75. The summed E-state index contributed by atoms with van der Waals surface area (Å²) in [6.07, 6.45) is 0.107. The maximum Gasteiger partial charge on any atom is 0.390 e.